The first-order chi connectivity index (χ1) is 4.70. The van der Waals surface area contributed by atoms with Crippen molar-refractivity contribution in [2.75, 3.05) is 27.2 Å². The second kappa shape index (κ2) is 5.18. The van der Waals surface area contributed by atoms with Gasteiger partial charge >= 0.3 is 0 Å². The second-order valence-electron chi connectivity index (χ2n) is 2.05. The molecule has 0 aromatic carbocycles. The summed E-state index contributed by atoms with van der Waals surface area (Å²) < 4.78 is 4.57. The van der Waals surface area contributed by atoms with Crippen molar-refractivity contribution in [3.8, 4) is 6.07 Å². The largest absolute Gasteiger partial charge is 0.367 e. The Hall–Kier alpha value is -0.630. The van der Waals surface area contributed by atoms with Gasteiger partial charge in [0.2, 0.25) is 0 Å². The zero-order valence-corrected chi connectivity index (χ0v) is 6.24. The number of hydrogen-bond acceptors (Lipinski definition) is 4. The zero-order chi connectivity index (χ0) is 7.98. The van der Waals surface area contributed by atoms with Crippen molar-refractivity contribution in [1.82, 2.24) is 4.90 Å². The standard InChI is InChI=1S/C6H12N2O2/c1-8(4-3-7)5-6(9)10-2/h6,9H,4-5H2,1-2H3. The Morgan fingerprint density at radius 3 is 2.80 bits per heavy atom. The molecule has 0 aliphatic rings. The van der Waals surface area contributed by atoms with Gasteiger partial charge in [-0.3, -0.25) is 4.90 Å². The van der Waals surface area contributed by atoms with Crippen LogP contribution < -0.4 is 0 Å². The maximum atomic E-state index is 8.88. The van der Waals surface area contributed by atoms with Crippen LogP contribution in [0, 0.1) is 11.3 Å². The average Bonchev–Trinajstić information content (AvgIpc) is 1.88. The highest BCUT2D eigenvalue weighted by molar-refractivity contribution is 4.74. The molecular weight excluding hydrogens is 132 g/mol. The summed E-state index contributed by atoms with van der Waals surface area (Å²) in [7, 11) is 3.16. The van der Waals surface area contributed by atoms with Crippen molar-refractivity contribution in [2.24, 2.45) is 0 Å². The Kier molecular flexibility index (Phi) is 4.85. The molecule has 58 valence electrons. The van der Waals surface area contributed by atoms with Crippen molar-refractivity contribution in [3.05, 3.63) is 0 Å². The summed E-state index contributed by atoms with van der Waals surface area (Å²) in [5.74, 6) is 0. The number of likely N-dealkylation sites (N-methyl/N-ethyl adjacent to an activating group) is 1. The molecule has 0 saturated carbocycles. The summed E-state index contributed by atoms with van der Waals surface area (Å²) in [6, 6.07) is 1.96. The molecule has 4 nitrogen and oxygen atoms in total. The Balaban J connectivity index is 3.38. The molecule has 0 rings (SSSR count). The summed E-state index contributed by atoms with van der Waals surface area (Å²) in [4.78, 5) is 1.67. The molecule has 0 saturated heterocycles. The number of methoxy groups -OCH3 is 1. The molecule has 1 unspecified atom stereocenters. The molecule has 0 fully saturated rings. The van der Waals surface area contributed by atoms with Crippen LogP contribution in [0.5, 0.6) is 0 Å². The van der Waals surface area contributed by atoms with E-state index in [1.54, 1.807) is 11.9 Å². The van der Waals surface area contributed by atoms with Crippen LogP contribution in [-0.4, -0.2) is 43.5 Å². The van der Waals surface area contributed by atoms with Gasteiger partial charge in [0.05, 0.1) is 12.6 Å². The fraction of sp³-hybridized carbons (Fsp3) is 0.833. The van der Waals surface area contributed by atoms with E-state index in [2.05, 4.69) is 4.74 Å². The molecule has 0 aliphatic carbocycles. The number of nitrogens with zero attached hydrogens (tertiary/aromatic N) is 2. The zero-order valence-electron chi connectivity index (χ0n) is 6.24. The van der Waals surface area contributed by atoms with Gasteiger partial charge in [0, 0.05) is 13.7 Å². The number of aliphatic hydroxyl groups excluding tert-OH is 1. The minimum absolute atomic E-state index is 0.306. The number of aliphatic hydroxyl groups is 1. The smallest absolute Gasteiger partial charge is 0.166 e. The molecule has 0 aromatic rings. The molecular formula is C6H12N2O2. The first-order valence-electron chi connectivity index (χ1n) is 2.97. The highest BCUT2D eigenvalue weighted by atomic mass is 16.6. The van der Waals surface area contributed by atoms with E-state index in [4.69, 9.17) is 10.4 Å². The van der Waals surface area contributed by atoms with Crippen LogP contribution >= 0.6 is 0 Å². The lowest BCUT2D eigenvalue weighted by molar-refractivity contribution is -0.0861. The molecule has 1 N–H and O–H groups in total. The minimum atomic E-state index is -0.793. The number of ether oxygens (including phenoxy) is 1. The number of nitriles is 1. The van der Waals surface area contributed by atoms with Crippen molar-refractivity contribution in [1.29, 1.82) is 5.26 Å². The Morgan fingerprint density at radius 1 is 1.80 bits per heavy atom. The molecule has 0 aliphatic heterocycles. The third-order valence-electron chi connectivity index (χ3n) is 1.08. The van der Waals surface area contributed by atoms with Crippen LogP contribution in [-0.2, 0) is 4.74 Å². The van der Waals surface area contributed by atoms with Crippen LogP contribution in [0.1, 0.15) is 0 Å². The highest BCUT2D eigenvalue weighted by Gasteiger charge is 2.04. The van der Waals surface area contributed by atoms with Gasteiger partial charge in [0.15, 0.2) is 6.29 Å². The van der Waals surface area contributed by atoms with Crippen LogP contribution in [0.15, 0.2) is 0 Å². The first-order valence-corrected chi connectivity index (χ1v) is 2.97. The maximum Gasteiger partial charge on any atom is 0.166 e. The molecule has 0 heterocycles. The van der Waals surface area contributed by atoms with Gasteiger partial charge in [0.1, 0.15) is 0 Å². The van der Waals surface area contributed by atoms with Crippen molar-refractivity contribution in [2.45, 2.75) is 6.29 Å². The van der Waals surface area contributed by atoms with Crippen molar-refractivity contribution >= 4 is 0 Å². The Morgan fingerprint density at radius 2 is 2.40 bits per heavy atom. The van der Waals surface area contributed by atoms with Crippen LogP contribution in [0.4, 0.5) is 0 Å². The van der Waals surface area contributed by atoms with Gasteiger partial charge in [-0.05, 0) is 7.05 Å². The fourth-order valence-electron chi connectivity index (χ4n) is 0.526. The SMILES string of the molecule is COC(O)CN(C)CC#N. The van der Waals surface area contributed by atoms with E-state index in [-0.39, 0.29) is 0 Å². The number of hydrogen-bond donors (Lipinski definition) is 1. The molecule has 10 heavy (non-hydrogen) atoms. The van der Waals surface area contributed by atoms with Crippen LogP contribution in [0.2, 0.25) is 0 Å². The molecule has 1 atom stereocenters. The van der Waals surface area contributed by atoms with E-state index < -0.39 is 6.29 Å². The van der Waals surface area contributed by atoms with Crippen molar-refractivity contribution in [3.63, 3.8) is 0 Å². The van der Waals surface area contributed by atoms with E-state index in [1.165, 1.54) is 7.11 Å². The monoisotopic (exact) mass is 144 g/mol. The lowest BCUT2D eigenvalue weighted by atomic mass is 10.5. The molecule has 0 aromatic heterocycles. The quantitative estimate of drug-likeness (QED) is 0.423. The fourth-order valence-corrected chi connectivity index (χ4v) is 0.526. The maximum absolute atomic E-state index is 8.88. The van der Waals surface area contributed by atoms with E-state index >= 15 is 0 Å². The summed E-state index contributed by atoms with van der Waals surface area (Å²) in [5, 5.41) is 17.1. The van der Waals surface area contributed by atoms with Gasteiger partial charge < -0.3 is 9.84 Å². The third kappa shape index (κ3) is 4.27. The Bertz CT molecular complexity index is 121. The van der Waals surface area contributed by atoms with Gasteiger partial charge in [-0.25, -0.2) is 0 Å². The van der Waals surface area contributed by atoms with Gasteiger partial charge in [0.25, 0.3) is 0 Å². The summed E-state index contributed by atoms with van der Waals surface area (Å²) in [5.41, 5.74) is 0. The third-order valence-corrected chi connectivity index (χ3v) is 1.08. The predicted molar refractivity (Wildman–Crippen MR) is 36.1 cm³/mol. The lowest BCUT2D eigenvalue weighted by Gasteiger charge is -2.15. The van der Waals surface area contributed by atoms with Crippen LogP contribution in [0.3, 0.4) is 0 Å². The molecule has 0 radical (unpaired) electrons. The predicted octanol–water partition coefficient (Wildman–Crippen LogP) is -0.593. The number of rotatable bonds is 4. The van der Waals surface area contributed by atoms with Crippen molar-refractivity contribution < 1.29 is 9.84 Å². The molecule has 0 spiro atoms. The van der Waals surface area contributed by atoms with Gasteiger partial charge in [-0.15, -0.1) is 0 Å². The van der Waals surface area contributed by atoms with Gasteiger partial charge in [-0.2, -0.15) is 5.26 Å². The summed E-state index contributed by atoms with van der Waals surface area (Å²) in [6.07, 6.45) is -0.793. The van der Waals surface area contributed by atoms with Gasteiger partial charge in [-0.1, -0.05) is 0 Å². The highest BCUT2D eigenvalue weighted by Crippen LogP contribution is 1.87. The van der Waals surface area contributed by atoms with E-state index in [9.17, 15) is 0 Å². The molecule has 4 heteroatoms. The average molecular weight is 144 g/mol. The first kappa shape index (κ1) is 9.37. The van der Waals surface area contributed by atoms with E-state index in [0.29, 0.717) is 13.1 Å². The minimum Gasteiger partial charge on any atom is -0.367 e. The lowest BCUT2D eigenvalue weighted by Crippen LogP contribution is -2.30. The molecule has 0 bridgehead atoms. The topological polar surface area (TPSA) is 56.5 Å². The normalized spacial score (nSPS) is 13.1. The van der Waals surface area contributed by atoms with E-state index in [1.807, 2.05) is 6.07 Å². The second-order valence-corrected chi connectivity index (χ2v) is 2.05. The summed E-state index contributed by atoms with van der Waals surface area (Å²) in [6.45, 7) is 0.671. The Labute approximate surface area is 60.6 Å². The van der Waals surface area contributed by atoms with Crippen LogP contribution in [0.25, 0.3) is 0 Å². The molecule has 0 amide bonds. The summed E-state index contributed by atoms with van der Waals surface area (Å²) >= 11 is 0. The van der Waals surface area contributed by atoms with E-state index in [0.717, 1.165) is 0 Å².